The average molecular weight is 371 g/mol. The Balaban J connectivity index is 2.09. The first-order valence-electron chi connectivity index (χ1n) is 6.52. The molecule has 0 heterocycles. The van der Waals surface area contributed by atoms with Crippen molar-refractivity contribution in [1.29, 1.82) is 0 Å². The third kappa shape index (κ3) is 4.37. The normalized spacial score (nSPS) is 10.5. The number of rotatable bonds is 6. The largest absolute Gasteiger partial charge is 0.497 e. The molecule has 0 saturated carbocycles. The number of hydrogen-bond donors (Lipinski definition) is 1. The summed E-state index contributed by atoms with van der Waals surface area (Å²) in [6.07, 6.45) is 0. The fourth-order valence-electron chi connectivity index (χ4n) is 1.92. The number of halogens is 2. The predicted octanol–water partition coefficient (Wildman–Crippen LogP) is 4.41. The fourth-order valence-corrected chi connectivity index (χ4v) is 2.54. The topological polar surface area (TPSA) is 30.5 Å². The molecule has 2 aromatic carbocycles. The molecule has 0 unspecified atom stereocenters. The summed E-state index contributed by atoms with van der Waals surface area (Å²) in [5.41, 5.74) is 2.13. The molecule has 0 fully saturated rings. The Labute approximate surface area is 138 Å². The van der Waals surface area contributed by atoms with Crippen molar-refractivity contribution in [3.05, 3.63) is 57.0 Å². The second-order valence-corrected chi connectivity index (χ2v) is 5.80. The summed E-state index contributed by atoms with van der Waals surface area (Å²) < 4.78 is 12.0. The van der Waals surface area contributed by atoms with Gasteiger partial charge in [-0.2, -0.15) is 0 Å². The standard InChI is InChI=1S/C16H17BrClNO2/c1-19-9-11-3-6-16(15(18)7-11)21-10-12-8-13(20-2)4-5-14(12)17/h3-8,19H,9-10H2,1-2H3. The minimum absolute atomic E-state index is 0.420. The number of benzene rings is 2. The second-order valence-electron chi connectivity index (χ2n) is 4.54. The number of nitrogens with one attached hydrogen (secondary N) is 1. The summed E-state index contributed by atoms with van der Waals surface area (Å²) in [7, 11) is 3.55. The zero-order chi connectivity index (χ0) is 15.2. The highest BCUT2D eigenvalue weighted by Crippen LogP contribution is 2.28. The Morgan fingerprint density at radius 3 is 2.67 bits per heavy atom. The Bertz CT molecular complexity index is 619. The summed E-state index contributed by atoms with van der Waals surface area (Å²) in [6.45, 7) is 1.20. The molecule has 3 nitrogen and oxygen atoms in total. The van der Waals surface area contributed by atoms with E-state index in [1.165, 1.54) is 0 Å². The van der Waals surface area contributed by atoms with E-state index in [0.29, 0.717) is 17.4 Å². The van der Waals surface area contributed by atoms with Crippen molar-refractivity contribution in [2.75, 3.05) is 14.2 Å². The third-order valence-corrected chi connectivity index (χ3v) is 4.08. The fraction of sp³-hybridized carbons (Fsp3) is 0.250. The maximum atomic E-state index is 6.24. The Hall–Kier alpha value is -1.23. The first kappa shape index (κ1) is 16.1. The Morgan fingerprint density at radius 2 is 2.00 bits per heavy atom. The second kappa shape index (κ2) is 7.69. The molecule has 1 N–H and O–H groups in total. The molecule has 21 heavy (non-hydrogen) atoms. The zero-order valence-corrected chi connectivity index (χ0v) is 14.3. The maximum Gasteiger partial charge on any atom is 0.138 e. The SMILES string of the molecule is CNCc1ccc(OCc2cc(OC)ccc2Br)c(Cl)c1. The van der Waals surface area contributed by atoms with Gasteiger partial charge in [-0.15, -0.1) is 0 Å². The van der Waals surface area contributed by atoms with Crippen LogP contribution >= 0.6 is 27.5 Å². The lowest BCUT2D eigenvalue weighted by Crippen LogP contribution is -2.05. The van der Waals surface area contributed by atoms with Crippen LogP contribution in [0.2, 0.25) is 5.02 Å². The third-order valence-electron chi connectivity index (χ3n) is 3.01. The molecular formula is C16H17BrClNO2. The van der Waals surface area contributed by atoms with Crippen molar-refractivity contribution in [1.82, 2.24) is 5.32 Å². The van der Waals surface area contributed by atoms with Crippen LogP contribution in [0.15, 0.2) is 40.9 Å². The highest BCUT2D eigenvalue weighted by atomic mass is 79.9. The van der Waals surface area contributed by atoms with Crippen molar-refractivity contribution in [2.24, 2.45) is 0 Å². The van der Waals surface area contributed by atoms with Gasteiger partial charge in [-0.1, -0.05) is 33.6 Å². The molecule has 112 valence electrons. The van der Waals surface area contributed by atoms with E-state index in [1.54, 1.807) is 7.11 Å². The first-order valence-corrected chi connectivity index (χ1v) is 7.69. The van der Waals surface area contributed by atoms with E-state index in [0.717, 1.165) is 27.9 Å². The van der Waals surface area contributed by atoms with E-state index in [-0.39, 0.29) is 0 Å². The molecule has 0 aliphatic heterocycles. The molecule has 0 radical (unpaired) electrons. The molecule has 0 spiro atoms. The van der Waals surface area contributed by atoms with Gasteiger partial charge in [-0.25, -0.2) is 0 Å². The molecule has 0 amide bonds. The van der Waals surface area contributed by atoms with Gasteiger partial charge >= 0.3 is 0 Å². The van der Waals surface area contributed by atoms with Gasteiger partial charge in [-0.3, -0.25) is 0 Å². The molecule has 0 aromatic heterocycles. The lowest BCUT2D eigenvalue weighted by Gasteiger charge is -2.11. The summed E-state index contributed by atoms with van der Waals surface area (Å²) >= 11 is 9.75. The Kier molecular flexibility index (Phi) is 5.91. The minimum atomic E-state index is 0.420. The van der Waals surface area contributed by atoms with E-state index in [2.05, 4.69) is 21.2 Å². The van der Waals surface area contributed by atoms with Crippen LogP contribution in [0.4, 0.5) is 0 Å². The summed E-state index contributed by atoms with van der Waals surface area (Å²) in [5.74, 6) is 1.47. The van der Waals surface area contributed by atoms with Crippen molar-refractivity contribution in [3.63, 3.8) is 0 Å². The smallest absolute Gasteiger partial charge is 0.138 e. The summed E-state index contributed by atoms with van der Waals surface area (Å²) in [6, 6.07) is 11.6. The summed E-state index contributed by atoms with van der Waals surface area (Å²) in [5, 5.41) is 3.70. The Morgan fingerprint density at radius 1 is 1.19 bits per heavy atom. The molecular weight excluding hydrogens is 354 g/mol. The molecule has 0 saturated heterocycles. The molecule has 0 aliphatic carbocycles. The summed E-state index contributed by atoms with van der Waals surface area (Å²) in [4.78, 5) is 0. The van der Waals surface area contributed by atoms with E-state index in [1.807, 2.05) is 43.4 Å². The van der Waals surface area contributed by atoms with Gasteiger partial charge in [0.25, 0.3) is 0 Å². The highest BCUT2D eigenvalue weighted by molar-refractivity contribution is 9.10. The molecule has 0 atom stereocenters. The molecule has 2 aromatic rings. The highest BCUT2D eigenvalue weighted by Gasteiger charge is 2.06. The van der Waals surface area contributed by atoms with Crippen molar-refractivity contribution in [3.8, 4) is 11.5 Å². The molecule has 0 bridgehead atoms. The van der Waals surface area contributed by atoms with Crippen LogP contribution in [0.3, 0.4) is 0 Å². The minimum Gasteiger partial charge on any atom is -0.497 e. The van der Waals surface area contributed by atoms with Gasteiger partial charge in [0.05, 0.1) is 12.1 Å². The van der Waals surface area contributed by atoms with Gasteiger partial charge < -0.3 is 14.8 Å². The van der Waals surface area contributed by atoms with Crippen LogP contribution in [0.5, 0.6) is 11.5 Å². The van der Waals surface area contributed by atoms with Gasteiger partial charge in [0.15, 0.2) is 0 Å². The van der Waals surface area contributed by atoms with E-state index in [4.69, 9.17) is 21.1 Å². The predicted molar refractivity (Wildman–Crippen MR) is 89.2 cm³/mol. The van der Waals surface area contributed by atoms with Crippen LogP contribution in [0, 0.1) is 0 Å². The lowest BCUT2D eigenvalue weighted by atomic mass is 10.2. The van der Waals surface area contributed by atoms with Crippen LogP contribution in [0.1, 0.15) is 11.1 Å². The van der Waals surface area contributed by atoms with Gasteiger partial charge in [0.2, 0.25) is 0 Å². The molecule has 2 rings (SSSR count). The van der Waals surface area contributed by atoms with E-state index >= 15 is 0 Å². The van der Waals surface area contributed by atoms with Gasteiger partial charge in [-0.05, 0) is 42.9 Å². The number of ether oxygens (including phenoxy) is 2. The van der Waals surface area contributed by atoms with Crippen LogP contribution in [-0.2, 0) is 13.2 Å². The average Bonchev–Trinajstić information content (AvgIpc) is 2.48. The number of methoxy groups -OCH3 is 1. The first-order chi connectivity index (χ1) is 10.1. The lowest BCUT2D eigenvalue weighted by molar-refractivity contribution is 0.304. The van der Waals surface area contributed by atoms with Crippen LogP contribution in [0.25, 0.3) is 0 Å². The van der Waals surface area contributed by atoms with Crippen molar-refractivity contribution >= 4 is 27.5 Å². The van der Waals surface area contributed by atoms with E-state index < -0.39 is 0 Å². The van der Waals surface area contributed by atoms with Gasteiger partial charge in [0.1, 0.15) is 18.1 Å². The van der Waals surface area contributed by atoms with Crippen molar-refractivity contribution in [2.45, 2.75) is 13.2 Å². The number of hydrogen-bond acceptors (Lipinski definition) is 3. The maximum absolute atomic E-state index is 6.24. The van der Waals surface area contributed by atoms with Crippen LogP contribution < -0.4 is 14.8 Å². The van der Waals surface area contributed by atoms with Gasteiger partial charge in [0, 0.05) is 16.6 Å². The quantitative estimate of drug-likeness (QED) is 0.817. The molecule has 0 aliphatic rings. The van der Waals surface area contributed by atoms with Crippen molar-refractivity contribution < 1.29 is 9.47 Å². The monoisotopic (exact) mass is 369 g/mol. The van der Waals surface area contributed by atoms with E-state index in [9.17, 15) is 0 Å². The molecule has 5 heteroatoms. The van der Waals surface area contributed by atoms with Crippen LogP contribution in [-0.4, -0.2) is 14.2 Å². The zero-order valence-electron chi connectivity index (χ0n) is 12.0.